The Labute approximate surface area is 116 Å². The molecule has 2 rings (SSSR count). The molecule has 0 bridgehead atoms. The Bertz CT molecular complexity index is 701. The molecule has 0 spiro atoms. The quantitative estimate of drug-likeness (QED) is 0.928. The number of rotatable bonds is 3. The number of sulfonamides is 1. The van der Waals surface area contributed by atoms with Crippen LogP contribution in [0.3, 0.4) is 0 Å². The van der Waals surface area contributed by atoms with Crippen molar-refractivity contribution in [2.45, 2.75) is 4.21 Å². The molecule has 2 aromatic rings. The summed E-state index contributed by atoms with van der Waals surface area (Å²) < 4.78 is 27.2. The zero-order chi connectivity index (χ0) is 13.2. The number of nitrogens with one attached hydrogen (secondary N) is 1. The van der Waals surface area contributed by atoms with Crippen LogP contribution in [-0.4, -0.2) is 13.4 Å². The number of pyridine rings is 1. The van der Waals surface area contributed by atoms with Gasteiger partial charge in [-0.1, -0.05) is 0 Å². The largest absolute Gasteiger partial charge is 0.272 e. The summed E-state index contributed by atoms with van der Waals surface area (Å²) in [6.45, 7) is 0. The second-order valence-electron chi connectivity index (χ2n) is 3.21. The van der Waals surface area contributed by atoms with Gasteiger partial charge in [0.15, 0.2) is 0 Å². The van der Waals surface area contributed by atoms with Crippen LogP contribution in [0.15, 0.2) is 38.5 Å². The van der Waals surface area contributed by atoms with Crippen molar-refractivity contribution in [3.8, 4) is 6.07 Å². The average Bonchev–Trinajstić information content (AvgIpc) is 2.77. The van der Waals surface area contributed by atoms with E-state index in [1.807, 2.05) is 6.07 Å². The van der Waals surface area contributed by atoms with E-state index >= 15 is 0 Å². The number of nitrogens with zero attached hydrogens (tertiary/aromatic N) is 2. The predicted molar refractivity (Wildman–Crippen MR) is 71.8 cm³/mol. The van der Waals surface area contributed by atoms with E-state index < -0.39 is 10.0 Å². The Morgan fingerprint density at radius 1 is 1.33 bits per heavy atom. The molecule has 92 valence electrons. The summed E-state index contributed by atoms with van der Waals surface area (Å²) >= 11 is 4.31. The van der Waals surface area contributed by atoms with Gasteiger partial charge in [-0.05, 0) is 40.2 Å². The van der Waals surface area contributed by atoms with Gasteiger partial charge in [-0.2, -0.15) is 5.26 Å². The zero-order valence-electron chi connectivity index (χ0n) is 8.79. The predicted octanol–water partition coefficient (Wildman–Crippen LogP) is 2.58. The van der Waals surface area contributed by atoms with E-state index in [-0.39, 0.29) is 10.0 Å². The van der Waals surface area contributed by atoms with E-state index in [2.05, 4.69) is 25.6 Å². The molecular formula is C10H6BrN3O2S2. The highest BCUT2D eigenvalue weighted by Gasteiger charge is 2.16. The molecule has 18 heavy (non-hydrogen) atoms. The fourth-order valence-corrected chi connectivity index (χ4v) is 4.17. The van der Waals surface area contributed by atoms with Crippen LogP contribution < -0.4 is 4.72 Å². The van der Waals surface area contributed by atoms with Crippen LogP contribution >= 0.6 is 27.3 Å². The first-order chi connectivity index (χ1) is 8.51. The average molecular weight is 344 g/mol. The van der Waals surface area contributed by atoms with Gasteiger partial charge in [0.2, 0.25) is 0 Å². The van der Waals surface area contributed by atoms with E-state index in [1.54, 1.807) is 6.07 Å². The SMILES string of the molecule is N#Cc1ccc(NS(=O)(=O)c2ccc(Br)s2)nc1. The van der Waals surface area contributed by atoms with Crippen molar-refractivity contribution in [2.75, 3.05) is 4.72 Å². The first-order valence-electron chi connectivity index (χ1n) is 4.65. The Hall–Kier alpha value is -1.43. The Balaban J connectivity index is 2.25. The molecule has 0 radical (unpaired) electrons. The van der Waals surface area contributed by atoms with Crippen molar-refractivity contribution in [1.29, 1.82) is 5.26 Å². The smallest absolute Gasteiger partial charge is 0.263 e. The molecule has 0 aliphatic rings. The molecule has 0 aromatic carbocycles. The summed E-state index contributed by atoms with van der Waals surface area (Å²) in [5.41, 5.74) is 0.372. The summed E-state index contributed by atoms with van der Waals surface area (Å²) in [6, 6.07) is 8.01. The van der Waals surface area contributed by atoms with E-state index in [4.69, 9.17) is 5.26 Å². The van der Waals surface area contributed by atoms with Crippen molar-refractivity contribution >= 4 is 43.1 Å². The van der Waals surface area contributed by atoms with Crippen molar-refractivity contribution in [3.05, 3.63) is 39.8 Å². The van der Waals surface area contributed by atoms with Gasteiger partial charge in [0.1, 0.15) is 16.1 Å². The Morgan fingerprint density at radius 2 is 2.11 bits per heavy atom. The number of hydrogen-bond acceptors (Lipinski definition) is 5. The lowest BCUT2D eigenvalue weighted by molar-refractivity contribution is 0.603. The number of thiophene rings is 1. The lowest BCUT2D eigenvalue weighted by Gasteiger charge is -2.04. The van der Waals surface area contributed by atoms with E-state index in [1.165, 1.54) is 24.4 Å². The minimum Gasteiger partial charge on any atom is -0.263 e. The monoisotopic (exact) mass is 343 g/mol. The zero-order valence-corrected chi connectivity index (χ0v) is 12.0. The Morgan fingerprint density at radius 3 is 2.61 bits per heavy atom. The maximum atomic E-state index is 11.9. The minimum atomic E-state index is -3.62. The van der Waals surface area contributed by atoms with Gasteiger partial charge < -0.3 is 0 Å². The maximum absolute atomic E-state index is 11.9. The molecule has 0 aliphatic carbocycles. The maximum Gasteiger partial charge on any atom is 0.272 e. The van der Waals surface area contributed by atoms with Crippen molar-refractivity contribution in [1.82, 2.24) is 4.98 Å². The Kier molecular flexibility index (Phi) is 3.65. The number of anilines is 1. The second kappa shape index (κ2) is 5.06. The highest BCUT2D eigenvalue weighted by Crippen LogP contribution is 2.27. The molecule has 0 fully saturated rings. The number of halogens is 1. The second-order valence-corrected chi connectivity index (χ2v) is 7.58. The van der Waals surface area contributed by atoms with Crippen LogP contribution in [-0.2, 0) is 10.0 Å². The fourth-order valence-electron chi connectivity index (χ4n) is 1.15. The molecule has 8 heteroatoms. The van der Waals surface area contributed by atoms with Gasteiger partial charge in [-0.25, -0.2) is 13.4 Å². The first-order valence-corrected chi connectivity index (χ1v) is 7.75. The van der Waals surface area contributed by atoms with Crippen molar-refractivity contribution in [2.24, 2.45) is 0 Å². The standard InChI is InChI=1S/C10H6BrN3O2S2/c11-8-2-4-10(17-8)18(15,16)14-9-3-1-7(5-12)6-13-9/h1-4,6H,(H,13,14). The van der Waals surface area contributed by atoms with Crippen LogP contribution in [0.1, 0.15) is 5.56 Å². The van der Waals surface area contributed by atoms with E-state index in [0.717, 1.165) is 15.1 Å². The van der Waals surface area contributed by atoms with Crippen LogP contribution in [0.25, 0.3) is 0 Å². The van der Waals surface area contributed by atoms with Crippen LogP contribution in [0.4, 0.5) is 5.82 Å². The van der Waals surface area contributed by atoms with Crippen molar-refractivity contribution < 1.29 is 8.42 Å². The summed E-state index contributed by atoms with van der Waals surface area (Å²) in [5.74, 6) is 0.179. The molecule has 2 aromatic heterocycles. The summed E-state index contributed by atoms with van der Waals surface area (Å²) in [5, 5.41) is 8.61. The molecule has 2 heterocycles. The summed E-state index contributed by atoms with van der Waals surface area (Å²) in [7, 11) is -3.62. The summed E-state index contributed by atoms with van der Waals surface area (Å²) in [6.07, 6.45) is 1.31. The highest BCUT2D eigenvalue weighted by molar-refractivity contribution is 9.11. The number of aromatic nitrogens is 1. The molecule has 0 saturated carbocycles. The van der Waals surface area contributed by atoms with Gasteiger partial charge >= 0.3 is 0 Å². The number of nitriles is 1. The van der Waals surface area contributed by atoms with Gasteiger partial charge in [-0.3, -0.25) is 4.72 Å². The molecule has 0 atom stereocenters. The van der Waals surface area contributed by atoms with Crippen LogP contribution in [0.2, 0.25) is 0 Å². The third kappa shape index (κ3) is 2.87. The molecule has 0 amide bonds. The van der Waals surface area contributed by atoms with Gasteiger partial charge in [0.25, 0.3) is 10.0 Å². The number of hydrogen-bond donors (Lipinski definition) is 1. The topological polar surface area (TPSA) is 82.9 Å². The van der Waals surface area contributed by atoms with E-state index in [9.17, 15) is 8.42 Å². The van der Waals surface area contributed by atoms with E-state index in [0.29, 0.717) is 5.56 Å². The summed E-state index contributed by atoms with van der Waals surface area (Å²) in [4.78, 5) is 3.85. The fraction of sp³-hybridized carbons (Fsp3) is 0. The first kappa shape index (κ1) is 13.0. The normalized spacial score (nSPS) is 10.9. The lowest BCUT2D eigenvalue weighted by atomic mass is 10.3. The molecular weight excluding hydrogens is 338 g/mol. The third-order valence-corrected chi connectivity index (χ3v) is 5.42. The molecule has 1 N–H and O–H groups in total. The highest BCUT2D eigenvalue weighted by atomic mass is 79.9. The molecule has 0 aliphatic heterocycles. The molecule has 5 nitrogen and oxygen atoms in total. The van der Waals surface area contributed by atoms with Gasteiger partial charge in [0.05, 0.1) is 9.35 Å². The molecule has 0 saturated heterocycles. The van der Waals surface area contributed by atoms with Crippen LogP contribution in [0.5, 0.6) is 0 Å². The van der Waals surface area contributed by atoms with Crippen LogP contribution in [0, 0.1) is 11.3 Å². The third-order valence-electron chi connectivity index (χ3n) is 1.94. The molecule has 0 unspecified atom stereocenters. The lowest BCUT2D eigenvalue weighted by Crippen LogP contribution is -2.12. The van der Waals surface area contributed by atoms with Crippen molar-refractivity contribution in [3.63, 3.8) is 0 Å². The van der Waals surface area contributed by atoms with Gasteiger partial charge in [-0.15, -0.1) is 11.3 Å². The van der Waals surface area contributed by atoms with Gasteiger partial charge in [0, 0.05) is 6.20 Å². The minimum absolute atomic E-state index is 0.179.